The van der Waals surface area contributed by atoms with Crippen LogP contribution in [0.1, 0.15) is 24.5 Å². The number of carbonyl (C=O) groups excluding carboxylic acids is 1. The van der Waals surface area contributed by atoms with Crippen molar-refractivity contribution in [2.45, 2.75) is 26.1 Å². The van der Waals surface area contributed by atoms with E-state index in [1.165, 1.54) is 6.07 Å². The van der Waals surface area contributed by atoms with Crippen LogP contribution in [0.15, 0.2) is 18.2 Å². The van der Waals surface area contributed by atoms with Crippen LogP contribution in [0.5, 0.6) is 5.75 Å². The van der Waals surface area contributed by atoms with Crippen LogP contribution >= 0.6 is 0 Å². The zero-order valence-corrected chi connectivity index (χ0v) is 12.0. The Morgan fingerprint density at radius 3 is 2.62 bits per heavy atom. The Morgan fingerprint density at radius 2 is 2.05 bits per heavy atom. The van der Waals surface area contributed by atoms with Crippen molar-refractivity contribution >= 4 is 5.91 Å². The molecule has 7 heteroatoms. The van der Waals surface area contributed by atoms with E-state index in [9.17, 15) is 23.1 Å². The molecule has 0 radical (unpaired) electrons. The highest BCUT2D eigenvalue weighted by Crippen LogP contribution is 2.36. The van der Waals surface area contributed by atoms with Crippen LogP contribution in [0.4, 0.5) is 13.2 Å². The third-order valence-corrected chi connectivity index (χ3v) is 2.80. The van der Waals surface area contributed by atoms with Gasteiger partial charge in [0.15, 0.2) is 0 Å². The van der Waals surface area contributed by atoms with Crippen molar-refractivity contribution in [3.63, 3.8) is 0 Å². The summed E-state index contributed by atoms with van der Waals surface area (Å²) in [5.74, 6) is -0.969. The fraction of sp³-hybridized carbons (Fsp3) is 0.500. The SMILES string of the molecule is CCCNC(=O)CN(C)Cc1ccc(O)c(C(F)(F)F)c1. The van der Waals surface area contributed by atoms with Crippen molar-refractivity contribution in [2.75, 3.05) is 20.1 Å². The summed E-state index contributed by atoms with van der Waals surface area (Å²) in [6.45, 7) is 2.79. The van der Waals surface area contributed by atoms with E-state index in [-0.39, 0.29) is 19.0 Å². The highest BCUT2D eigenvalue weighted by atomic mass is 19.4. The Labute approximate surface area is 121 Å². The Kier molecular flexibility index (Phi) is 6.02. The number of alkyl halides is 3. The number of hydrogen-bond acceptors (Lipinski definition) is 3. The highest BCUT2D eigenvalue weighted by Gasteiger charge is 2.34. The summed E-state index contributed by atoms with van der Waals surface area (Å²) in [7, 11) is 1.64. The van der Waals surface area contributed by atoms with Crippen molar-refractivity contribution < 1.29 is 23.1 Å². The van der Waals surface area contributed by atoms with Crippen LogP contribution in [0.3, 0.4) is 0 Å². The number of aromatic hydroxyl groups is 1. The average molecular weight is 304 g/mol. The number of phenols is 1. The molecule has 0 saturated heterocycles. The topological polar surface area (TPSA) is 52.6 Å². The number of amides is 1. The van der Waals surface area contributed by atoms with Crippen LogP contribution in [0.2, 0.25) is 0 Å². The first-order chi connectivity index (χ1) is 9.74. The van der Waals surface area contributed by atoms with E-state index in [1.807, 2.05) is 6.92 Å². The van der Waals surface area contributed by atoms with E-state index >= 15 is 0 Å². The minimum Gasteiger partial charge on any atom is -0.507 e. The number of nitrogens with one attached hydrogen (secondary N) is 1. The van der Waals surface area contributed by atoms with E-state index < -0.39 is 17.5 Å². The predicted octanol–water partition coefficient (Wildman–Crippen LogP) is 2.37. The Hall–Kier alpha value is -1.76. The lowest BCUT2D eigenvalue weighted by Crippen LogP contribution is -2.35. The molecule has 2 N–H and O–H groups in total. The lowest BCUT2D eigenvalue weighted by Gasteiger charge is -2.17. The molecule has 118 valence electrons. The number of hydrogen-bond donors (Lipinski definition) is 2. The lowest BCUT2D eigenvalue weighted by molar-refractivity contribution is -0.138. The molecule has 0 aliphatic rings. The number of rotatable bonds is 6. The molecule has 1 rings (SSSR count). The van der Waals surface area contributed by atoms with E-state index in [0.29, 0.717) is 12.1 Å². The summed E-state index contributed by atoms with van der Waals surface area (Å²) < 4.78 is 38.0. The second kappa shape index (κ2) is 7.31. The normalized spacial score (nSPS) is 11.7. The average Bonchev–Trinajstić information content (AvgIpc) is 2.37. The van der Waals surface area contributed by atoms with Gasteiger partial charge in [-0.05, 0) is 31.2 Å². The molecule has 0 spiro atoms. The molecular formula is C14H19F3N2O2. The Balaban J connectivity index is 2.69. The van der Waals surface area contributed by atoms with Gasteiger partial charge in [-0.2, -0.15) is 13.2 Å². The minimum atomic E-state index is -4.60. The number of halogens is 3. The van der Waals surface area contributed by atoms with Gasteiger partial charge in [-0.15, -0.1) is 0 Å². The quantitative estimate of drug-likeness (QED) is 0.848. The van der Waals surface area contributed by atoms with E-state index in [0.717, 1.165) is 18.6 Å². The summed E-state index contributed by atoms with van der Waals surface area (Å²) in [6, 6.07) is 3.32. The van der Waals surface area contributed by atoms with Gasteiger partial charge in [0, 0.05) is 13.1 Å². The summed E-state index contributed by atoms with van der Waals surface area (Å²) in [5.41, 5.74) is -0.685. The van der Waals surface area contributed by atoms with Crippen molar-refractivity contribution in [1.82, 2.24) is 10.2 Å². The highest BCUT2D eigenvalue weighted by molar-refractivity contribution is 5.77. The Bertz CT molecular complexity index is 490. The van der Waals surface area contributed by atoms with Crippen LogP contribution in [-0.4, -0.2) is 36.1 Å². The summed E-state index contributed by atoms with van der Waals surface area (Å²) in [5, 5.41) is 11.9. The van der Waals surface area contributed by atoms with E-state index in [1.54, 1.807) is 11.9 Å². The molecule has 0 heterocycles. The van der Waals surface area contributed by atoms with Crippen LogP contribution in [0, 0.1) is 0 Å². The number of benzene rings is 1. The van der Waals surface area contributed by atoms with E-state index in [4.69, 9.17) is 0 Å². The van der Waals surface area contributed by atoms with Crippen molar-refractivity contribution in [1.29, 1.82) is 0 Å². The largest absolute Gasteiger partial charge is 0.507 e. The molecule has 0 aliphatic carbocycles. The molecular weight excluding hydrogens is 285 g/mol. The molecule has 1 amide bonds. The Morgan fingerprint density at radius 1 is 1.38 bits per heavy atom. The molecule has 0 bridgehead atoms. The summed E-state index contributed by atoms with van der Waals surface area (Å²) in [6.07, 6.45) is -3.78. The second-order valence-corrected chi connectivity index (χ2v) is 4.87. The van der Waals surface area contributed by atoms with Crippen molar-refractivity contribution in [3.05, 3.63) is 29.3 Å². The first-order valence-electron chi connectivity index (χ1n) is 6.58. The molecule has 4 nitrogen and oxygen atoms in total. The maximum atomic E-state index is 12.7. The van der Waals surface area contributed by atoms with Gasteiger partial charge >= 0.3 is 6.18 Å². The standard InChI is InChI=1S/C14H19F3N2O2/c1-3-6-18-13(21)9-19(2)8-10-4-5-12(20)11(7-10)14(15,16)17/h4-5,7,20H,3,6,8-9H2,1-2H3,(H,18,21). The van der Waals surface area contributed by atoms with Crippen LogP contribution in [0.25, 0.3) is 0 Å². The third kappa shape index (κ3) is 5.63. The molecule has 0 atom stereocenters. The summed E-state index contributed by atoms with van der Waals surface area (Å²) in [4.78, 5) is 13.1. The van der Waals surface area contributed by atoms with Crippen LogP contribution < -0.4 is 5.32 Å². The minimum absolute atomic E-state index is 0.0994. The third-order valence-electron chi connectivity index (χ3n) is 2.80. The number of carbonyl (C=O) groups is 1. The molecule has 0 unspecified atom stereocenters. The van der Waals surface area contributed by atoms with Gasteiger partial charge in [-0.1, -0.05) is 13.0 Å². The summed E-state index contributed by atoms with van der Waals surface area (Å²) >= 11 is 0. The predicted molar refractivity (Wildman–Crippen MR) is 72.7 cm³/mol. The van der Waals surface area contributed by atoms with Gasteiger partial charge in [-0.3, -0.25) is 9.69 Å². The fourth-order valence-corrected chi connectivity index (χ4v) is 1.84. The monoisotopic (exact) mass is 304 g/mol. The first-order valence-corrected chi connectivity index (χ1v) is 6.58. The van der Waals surface area contributed by atoms with Crippen LogP contribution in [-0.2, 0) is 17.5 Å². The molecule has 1 aromatic rings. The first kappa shape index (κ1) is 17.3. The molecule has 0 aliphatic heterocycles. The van der Waals surface area contributed by atoms with Gasteiger partial charge in [0.05, 0.1) is 12.1 Å². The molecule has 0 aromatic heterocycles. The molecule has 1 aromatic carbocycles. The van der Waals surface area contributed by atoms with Gasteiger partial charge in [-0.25, -0.2) is 0 Å². The zero-order chi connectivity index (χ0) is 16.0. The number of likely N-dealkylation sites (N-methyl/N-ethyl adjacent to an activating group) is 1. The molecule has 21 heavy (non-hydrogen) atoms. The lowest BCUT2D eigenvalue weighted by atomic mass is 10.1. The van der Waals surface area contributed by atoms with Crippen molar-refractivity contribution in [2.24, 2.45) is 0 Å². The number of nitrogens with zero attached hydrogens (tertiary/aromatic N) is 1. The zero-order valence-electron chi connectivity index (χ0n) is 12.0. The molecule has 0 fully saturated rings. The number of phenolic OH excluding ortho intramolecular Hbond substituents is 1. The molecule has 0 saturated carbocycles. The van der Waals surface area contributed by atoms with Gasteiger partial charge in [0.1, 0.15) is 5.75 Å². The van der Waals surface area contributed by atoms with Crippen molar-refractivity contribution in [3.8, 4) is 5.75 Å². The maximum Gasteiger partial charge on any atom is 0.419 e. The smallest absolute Gasteiger partial charge is 0.419 e. The van der Waals surface area contributed by atoms with Gasteiger partial charge < -0.3 is 10.4 Å². The fourth-order valence-electron chi connectivity index (χ4n) is 1.84. The van der Waals surface area contributed by atoms with Gasteiger partial charge in [0.25, 0.3) is 0 Å². The van der Waals surface area contributed by atoms with Gasteiger partial charge in [0.2, 0.25) is 5.91 Å². The van der Waals surface area contributed by atoms with E-state index in [2.05, 4.69) is 5.32 Å². The second-order valence-electron chi connectivity index (χ2n) is 4.87. The maximum absolute atomic E-state index is 12.7.